The van der Waals surface area contributed by atoms with Crippen LogP contribution in [0.2, 0.25) is 0 Å². The Morgan fingerprint density at radius 3 is 2.17 bits per heavy atom. The van der Waals surface area contributed by atoms with E-state index in [1.807, 2.05) is 7.05 Å². The molecule has 1 amide bonds. The largest absolute Gasteiger partial charge is 0.346 e. The number of halogens is 3. The summed E-state index contributed by atoms with van der Waals surface area (Å²) in [6, 6.07) is 0. The van der Waals surface area contributed by atoms with E-state index in [1.54, 1.807) is 4.90 Å². The van der Waals surface area contributed by atoms with Crippen molar-refractivity contribution >= 4 is 40.7 Å². The van der Waals surface area contributed by atoms with Crippen LogP contribution in [-0.4, -0.2) is 24.4 Å². The maximum atomic E-state index is 10.5. The molecule has 1 aliphatic rings. The van der Waals surface area contributed by atoms with Crippen LogP contribution in [0, 0.1) is 0 Å². The van der Waals surface area contributed by atoms with Crippen molar-refractivity contribution in [1.82, 2.24) is 4.90 Å². The summed E-state index contributed by atoms with van der Waals surface area (Å²) in [5.74, 6) is 0.292. The van der Waals surface area contributed by atoms with Crippen molar-refractivity contribution in [1.29, 1.82) is 0 Å². The molecule has 1 heterocycles. The smallest absolute Gasteiger partial charge is 0.222 e. The van der Waals surface area contributed by atoms with Crippen molar-refractivity contribution in [3.8, 4) is 0 Å². The van der Waals surface area contributed by atoms with E-state index in [-0.39, 0.29) is 4.49 Å². The molecule has 0 saturated carbocycles. The van der Waals surface area contributed by atoms with Gasteiger partial charge in [0.15, 0.2) is 0 Å². The van der Waals surface area contributed by atoms with Crippen LogP contribution in [0.4, 0.5) is 0 Å². The minimum atomic E-state index is 0.0895. The lowest BCUT2D eigenvalue weighted by atomic mass is 10.4. The molecular formula is C7H10Cl3NO. The van der Waals surface area contributed by atoms with Gasteiger partial charge in [-0.1, -0.05) is 34.8 Å². The number of amides is 1. The van der Waals surface area contributed by atoms with Crippen molar-refractivity contribution in [2.75, 3.05) is 13.6 Å². The molecule has 0 aromatic heterocycles. The fraction of sp³-hybridized carbons (Fsp3) is 0.571. The number of carbonyl (C=O) groups is 1. The third-order valence-electron chi connectivity index (χ3n) is 1.39. The van der Waals surface area contributed by atoms with Gasteiger partial charge in [0.1, 0.15) is 4.49 Å². The second-order valence-corrected chi connectivity index (χ2v) is 3.54. The molecule has 0 aromatic rings. The van der Waals surface area contributed by atoms with Gasteiger partial charge < -0.3 is 4.90 Å². The Labute approximate surface area is 87.1 Å². The number of nitrogens with zero attached hydrogens (tertiary/aromatic N) is 1. The third kappa shape index (κ3) is 5.70. The standard InChI is InChI=1S/C5H9NO.C2HCl3/c1-6-4-2-3-5(6)7;3-1-2(4)5/h2-4H2,1H3;1H. The zero-order valence-electron chi connectivity index (χ0n) is 6.69. The van der Waals surface area contributed by atoms with E-state index < -0.39 is 0 Å². The molecule has 0 spiro atoms. The summed E-state index contributed by atoms with van der Waals surface area (Å²) in [5.41, 5.74) is 1.09. The Kier molecular flexibility index (Phi) is 6.62. The zero-order valence-corrected chi connectivity index (χ0v) is 8.96. The molecule has 70 valence electrons. The fourth-order valence-electron chi connectivity index (χ4n) is 0.783. The second kappa shape index (κ2) is 6.58. The molecule has 0 N–H and O–H groups in total. The summed E-state index contributed by atoms with van der Waals surface area (Å²) >= 11 is 14.8. The van der Waals surface area contributed by atoms with Gasteiger partial charge >= 0.3 is 0 Å². The Hall–Kier alpha value is 0.0800. The van der Waals surface area contributed by atoms with Crippen molar-refractivity contribution < 1.29 is 4.79 Å². The van der Waals surface area contributed by atoms with Gasteiger partial charge in [-0.25, -0.2) is 0 Å². The van der Waals surface area contributed by atoms with E-state index in [9.17, 15) is 4.79 Å². The van der Waals surface area contributed by atoms with Gasteiger partial charge in [0.25, 0.3) is 0 Å². The van der Waals surface area contributed by atoms with Gasteiger partial charge in [0.2, 0.25) is 5.91 Å². The highest BCUT2D eigenvalue weighted by Crippen LogP contribution is 2.06. The molecule has 2 nitrogen and oxygen atoms in total. The number of rotatable bonds is 0. The summed E-state index contributed by atoms with van der Waals surface area (Å²) in [6.45, 7) is 0.957. The van der Waals surface area contributed by atoms with Crippen LogP contribution in [0.15, 0.2) is 10.0 Å². The quantitative estimate of drug-likeness (QED) is 0.627. The highest BCUT2D eigenvalue weighted by molar-refractivity contribution is 6.58. The maximum absolute atomic E-state index is 10.5. The fourth-order valence-corrected chi connectivity index (χ4v) is 0.783. The molecule has 0 aromatic carbocycles. The molecule has 1 fully saturated rings. The summed E-state index contributed by atoms with van der Waals surface area (Å²) in [7, 11) is 1.84. The molecule has 0 aliphatic carbocycles. The Morgan fingerprint density at radius 2 is 2.08 bits per heavy atom. The average molecular weight is 231 g/mol. The third-order valence-corrected chi connectivity index (χ3v) is 2.05. The first-order chi connectivity index (χ1) is 5.57. The van der Waals surface area contributed by atoms with Gasteiger partial charge in [-0.2, -0.15) is 0 Å². The molecule has 1 saturated heterocycles. The minimum Gasteiger partial charge on any atom is -0.346 e. The molecule has 5 heteroatoms. The maximum Gasteiger partial charge on any atom is 0.222 e. The summed E-state index contributed by atoms with van der Waals surface area (Å²) < 4.78 is 0.0895. The number of hydrogen-bond donors (Lipinski definition) is 0. The molecule has 0 bridgehead atoms. The highest BCUT2D eigenvalue weighted by atomic mass is 35.5. The molecule has 1 rings (SSSR count). The topological polar surface area (TPSA) is 20.3 Å². The number of carbonyl (C=O) groups excluding carboxylic acids is 1. The molecule has 12 heavy (non-hydrogen) atoms. The number of likely N-dealkylation sites (tertiary alicyclic amines) is 1. The predicted molar refractivity (Wildman–Crippen MR) is 52.5 cm³/mol. The van der Waals surface area contributed by atoms with Gasteiger partial charge in [-0.05, 0) is 6.42 Å². The van der Waals surface area contributed by atoms with E-state index in [0.29, 0.717) is 5.91 Å². The average Bonchev–Trinajstić information content (AvgIpc) is 2.37. The molecule has 0 radical (unpaired) electrons. The highest BCUT2D eigenvalue weighted by Gasteiger charge is 2.14. The van der Waals surface area contributed by atoms with Crippen LogP contribution in [0.1, 0.15) is 12.8 Å². The predicted octanol–water partition coefficient (Wildman–Crippen LogP) is 2.74. The lowest BCUT2D eigenvalue weighted by Crippen LogP contribution is -2.17. The van der Waals surface area contributed by atoms with E-state index in [2.05, 4.69) is 0 Å². The molecule has 1 aliphatic heterocycles. The van der Waals surface area contributed by atoms with E-state index in [1.165, 1.54) is 0 Å². The first kappa shape index (κ1) is 12.1. The summed E-state index contributed by atoms with van der Waals surface area (Å²) in [4.78, 5) is 12.3. The van der Waals surface area contributed by atoms with Crippen LogP contribution in [-0.2, 0) is 4.79 Å². The van der Waals surface area contributed by atoms with Crippen LogP contribution in [0.25, 0.3) is 0 Å². The van der Waals surface area contributed by atoms with Gasteiger partial charge in [-0.15, -0.1) is 0 Å². The first-order valence-electron chi connectivity index (χ1n) is 3.43. The number of hydrogen-bond acceptors (Lipinski definition) is 1. The Bertz CT molecular complexity index is 177. The van der Waals surface area contributed by atoms with Crippen molar-refractivity contribution in [2.24, 2.45) is 0 Å². The molecule has 0 unspecified atom stereocenters. The van der Waals surface area contributed by atoms with Gasteiger partial charge in [0.05, 0.1) is 0 Å². The molecular weight excluding hydrogens is 220 g/mol. The van der Waals surface area contributed by atoms with E-state index in [0.717, 1.165) is 24.9 Å². The molecule has 0 atom stereocenters. The minimum absolute atomic E-state index is 0.0895. The van der Waals surface area contributed by atoms with Crippen LogP contribution in [0.5, 0.6) is 0 Å². The van der Waals surface area contributed by atoms with Crippen molar-refractivity contribution in [2.45, 2.75) is 12.8 Å². The van der Waals surface area contributed by atoms with Gasteiger partial charge in [-0.3, -0.25) is 4.79 Å². The van der Waals surface area contributed by atoms with Crippen LogP contribution in [0.3, 0.4) is 0 Å². The SMILES string of the molecule is CN1CCCC1=O.ClC=C(Cl)Cl. The lowest BCUT2D eigenvalue weighted by Gasteiger charge is -2.03. The zero-order chi connectivity index (χ0) is 9.56. The lowest BCUT2D eigenvalue weighted by molar-refractivity contribution is -0.126. The van der Waals surface area contributed by atoms with Crippen LogP contribution < -0.4 is 0 Å². The van der Waals surface area contributed by atoms with Crippen LogP contribution >= 0.6 is 34.8 Å². The first-order valence-corrected chi connectivity index (χ1v) is 4.62. The van der Waals surface area contributed by atoms with E-state index >= 15 is 0 Å². The summed E-state index contributed by atoms with van der Waals surface area (Å²) in [5, 5.41) is 0. The van der Waals surface area contributed by atoms with Gasteiger partial charge in [0, 0.05) is 25.5 Å². The Morgan fingerprint density at radius 1 is 1.58 bits per heavy atom. The van der Waals surface area contributed by atoms with Crippen molar-refractivity contribution in [3.63, 3.8) is 0 Å². The monoisotopic (exact) mass is 229 g/mol. The second-order valence-electron chi connectivity index (χ2n) is 2.32. The van der Waals surface area contributed by atoms with E-state index in [4.69, 9.17) is 34.8 Å². The Balaban J connectivity index is 0.000000217. The normalized spacial score (nSPS) is 15.3. The summed E-state index contributed by atoms with van der Waals surface area (Å²) in [6.07, 6.45) is 1.81. The van der Waals surface area contributed by atoms with Crippen molar-refractivity contribution in [3.05, 3.63) is 10.0 Å².